The predicted octanol–water partition coefficient (Wildman–Crippen LogP) is 2.02. The molecule has 3 aromatic heterocycles. The number of hydrogen-bond acceptors (Lipinski definition) is 3. The molecule has 0 aromatic carbocycles. The quantitative estimate of drug-likeness (QED) is 0.647. The molecule has 0 aliphatic heterocycles. The fraction of sp³-hybridized carbons (Fsp3) is 0. The number of pyridine rings is 1. The summed E-state index contributed by atoms with van der Waals surface area (Å²) in [5, 5.41) is 1.02. The maximum Gasteiger partial charge on any atom is 0.141 e. The predicted molar refractivity (Wildman–Crippen MR) is 57.1 cm³/mol. The molecule has 4 nitrogen and oxygen atoms in total. The van der Waals surface area contributed by atoms with Gasteiger partial charge in [-0.1, -0.05) is 0 Å². The molecule has 0 radical (unpaired) electrons. The van der Waals surface area contributed by atoms with Crippen LogP contribution in [0.3, 0.4) is 0 Å². The minimum Gasteiger partial charge on any atom is -0.346 e. The molecule has 0 unspecified atom stereocenters. The first-order chi connectivity index (χ1) is 7.45. The van der Waals surface area contributed by atoms with E-state index < -0.39 is 0 Å². The standard InChI is InChI=1S/C11H8N4/c1-2-8(6-12-4-1)10-9-3-5-13-11(9)15-7-14-10/h1-7H,(H,13,14,15). The van der Waals surface area contributed by atoms with Crippen LogP contribution in [0.4, 0.5) is 0 Å². The molecular weight excluding hydrogens is 188 g/mol. The Morgan fingerprint density at radius 1 is 1.13 bits per heavy atom. The van der Waals surface area contributed by atoms with Gasteiger partial charge < -0.3 is 4.98 Å². The fourth-order valence-electron chi connectivity index (χ4n) is 1.61. The van der Waals surface area contributed by atoms with Gasteiger partial charge in [-0.15, -0.1) is 0 Å². The minimum atomic E-state index is 0.851. The van der Waals surface area contributed by atoms with Crippen LogP contribution in [-0.4, -0.2) is 19.9 Å². The van der Waals surface area contributed by atoms with Gasteiger partial charge in [0.2, 0.25) is 0 Å². The maximum atomic E-state index is 4.28. The van der Waals surface area contributed by atoms with Gasteiger partial charge in [-0.2, -0.15) is 0 Å². The second kappa shape index (κ2) is 3.16. The lowest BCUT2D eigenvalue weighted by Crippen LogP contribution is -1.87. The Labute approximate surface area is 86.0 Å². The van der Waals surface area contributed by atoms with Gasteiger partial charge in [0.1, 0.15) is 12.0 Å². The van der Waals surface area contributed by atoms with Crippen molar-refractivity contribution in [1.29, 1.82) is 0 Å². The molecule has 72 valence electrons. The summed E-state index contributed by atoms with van der Waals surface area (Å²) in [7, 11) is 0. The third-order valence-electron chi connectivity index (χ3n) is 2.29. The molecule has 0 atom stereocenters. The molecule has 0 aliphatic carbocycles. The van der Waals surface area contributed by atoms with Crippen molar-refractivity contribution in [1.82, 2.24) is 19.9 Å². The number of nitrogens with one attached hydrogen (secondary N) is 1. The van der Waals surface area contributed by atoms with E-state index in [9.17, 15) is 0 Å². The van der Waals surface area contributed by atoms with E-state index in [0.717, 1.165) is 22.3 Å². The van der Waals surface area contributed by atoms with Crippen molar-refractivity contribution in [2.24, 2.45) is 0 Å². The van der Waals surface area contributed by atoms with Crippen molar-refractivity contribution in [3.8, 4) is 11.3 Å². The highest BCUT2D eigenvalue weighted by atomic mass is 14.9. The number of fused-ring (bicyclic) bond motifs is 1. The number of nitrogens with zero attached hydrogens (tertiary/aromatic N) is 3. The van der Waals surface area contributed by atoms with Crippen LogP contribution >= 0.6 is 0 Å². The molecule has 3 rings (SSSR count). The van der Waals surface area contributed by atoms with Crippen LogP contribution in [0, 0.1) is 0 Å². The van der Waals surface area contributed by atoms with Gasteiger partial charge in [0, 0.05) is 29.5 Å². The summed E-state index contributed by atoms with van der Waals surface area (Å²) < 4.78 is 0. The Balaban J connectivity index is 2.31. The van der Waals surface area contributed by atoms with Crippen LogP contribution < -0.4 is 0 Å². The maximum absolute atomic E-state index is 4.28. The van der Waals surface area contributed by atoms with Crippen molar-refractivity contribution in [2.45, 2.75) is 0 Å². The first kappa shape index (κ1) is 8.11. The molecule has 15 heavy (non-hydrogen) atoms. The summed E-state index contributed by atoms with van der Waals surface area (Å²) in [4.78, 5) is 15.6. The van der Waals surface area contributed by atoms with Gasteiger partial charge in [0.25, 0.3) is 0 Å². The van der Waals surface area contributed by atoms with Crippen LogP contribution in [0.1, 0.15) is 0 Å². The van der Waals surface area contributed by atoms with Crippen molar-refractivity contribution < 1.29 is 0 Å². The highest BCUT2D eigenvalue weighted by Gasteiger charge is 2.05. The van der Waals surface area contributed by atoms with E-state index in [1.54, 1.807) is 18.7 Å². The fourth-order valence-corrected chi connectivity index (χ4v) is 1.61. The average molecular weight is 196 g/mol. The number of aromatic amines is 1. The van der Waals surface area contributed by atoms with Crippen LogP contribution in [0.15, 0.2) is 43.1 Å². The molecule has 0 spiro atoms. The van der Waals surface area contributed by atoms with Crippen LogP contribution in [-0.2, 0) is 0 Å². The molecule has 0 bridgehead atoms. The summed E-state index contributed by atoms with van der Waals surface area (Å²) in [6.07, 6.45) is 6.97. The Hall–Kier alpha value is -2.23. The number of hydrogen-bond donors (Lipinski definition) is 1. The zero-order valence-electron chi connectivity index (χ0n) is 7.88. The highest BCUT2D eigenvalue weighted by molar-refractivity contribution is 5.90. The van der Waals surface area contributed by atoms with Crippen LogP contribution in [0.25, 0.3) is 22.3 Å². The number of aromatic nitrogens is 4. The lowest BCUT2D eigenvalue weighted by atomic mass is 10.1. The molecule has 0 fully saturated rings. The smallest absolute Gasteiger partial charge is 0.141 e. The van der Waals surface area contributed by atoms with Gasteiger partial charge in [0.15, 0.2) is 0 Å². The Bertz CT molecular complexity index is 586. The Kier molecular flexibility index (Phi) is 1.71. The Morgan fingerprint density at radius 3 is 3.00 bits per heavy atom. The molecular formula is C11H8N4. The average Bonchev–Trinajstić information content (AvgIpc) is 2.78. The van der Waals surface area contributed by atoms with E-state index in [4.69, 9.17) is 0 Å². The largest absolute Gasteiger partial charge is 0.346 e. The van der Waals surface area contributed by atoms with Crippen molar-refractivity contribution in [3.63, 3.8) is 0 Å². The van der Waals surface area contributed by atoms with E-state index in [1.165, 1.54) is 0 Å². The molecule has 0 aliphatic rings. The van der Waals surface area contributed by atoms with E-state index >= 15 is 0 Å². The zero-order chi connectivity index (χ0) is 10.1. The van der Waals surface area contributed by atoms with Crippen molar-refractivity contribution >= 4 is 11.0 Å². The summed E-state index contributed by atoms with van der Waals surface area (Å²) in [6, 6.07) is 5.86. The summed E-state index contributed by atoms with van der Waals surface area (Å²) in [5.74, 6) is 0. The summed E-state index contributed by atoms with van der Waals surface area (Å²) >= 11 is 0. The number of H-pyrrole nitrogens is 1. The number of rotatable bonds is 1. The molecule has 0 saturated carbocycles. The SMILES string of the molecule is c1cncc(-c2ncnc3[nH]ccc23)c1. The van der Waals surface area contributed by atoms with Gasteiger partial charge in [-0.3, -0.25) is 4.98 Å². The minimum absolute atomic E-state index is 0.851. The Morgan fingerprint density at radius 2 is 2.13 bits per heavy atom. The van der Waals surface area contributed by atoms with Gasteiger partial charge in [-0.05, 0) is 18.2 Å². The third-order valence-corrected chi connectivity index (χ3v) is 2.29. The summed E-state index contributed by atoms with van der Waals surface area (Å²) in [6.45, 7) is 0. The molecule has 1 N–H and O–H groups in total. The van der Waals surface area contributed by atoms with Crippen molar-refractivity contribution in [2.75, 3.05) is 0 Å². The first-order valence-corrected chi connectivity index (χ1v) is 4.63. The normalized spacial score (nSPS) is 10.7. The van der Waals surface area contributed by atoms with Gasteiger partial charge in [-0.25, -0.2) is 9.97 Å². The van der Waals surface area contributed by atoms with E-state index in [2.05, 4.69) is 19.9 Å². The third kappa shape index (κ3) is 1.27. The monoisotopic (exact) mass is 196 g/mol. The second-order valence-corrected chi connectivity index (χ2v) is 3.20. The zero-order valence-corrected chi connectivity index (χ0v) is 7.88. The van der Waals surface area contributed by atoms with Gasteiger partial charge in [0.05, 0.1) is 5.69 Å². The molecule has 0 amide bonds. The van der Waals surface area contributed by atoms with Gasteiger partial charge >= 0.3 is 0 Å². The lowest BCUT2D eigenvalue weighted by molar-refractivity contribution is 1.20. The van der Waals surface area contributed by atoms with Crippen molar-refractivity contribution in [3.05, 3.63) is 43.1 Å². The second-order valence-electron chi connectivity index (χ2n) is 3.20. The van der Waals surface area contributed by atoms with E-state index in [1.807, 2.05) is 24.4 Å². The lowest BCUT2D eigenvalue weighted by Gasteiger charge is -2.00. The van der Waals surface area contributed by atoms with E-state index in [0.29, 0.717) is 0 Å². The van der Waals surface area contributed by atoms with E-state index in [-0.39, 0.29) is 0 Å². The molecule has 0 saturated heterocycles. The molecule has 3 aromatic rings. The molecule has 4 heteroatoms. The van der Waals surface area contributed by atoms with Crippen LogP contribution in [0.5, 0.6) is 0 Å². The molecule has 3 heterocycles. The first-order valence-electron chi connectivity index (χ1n) is 4.63. The summed E-state index contributed by atoms with van der Waals surface area (Å²) in [5.41, 5.74) is 2.77. The topological polar surface area (TPSA) is 54.5 Å². The highest BCUT2D eigenvalue weighted by Crippen LogP contribution is 2.23. The van der Waals surface area contributed by atoms with Crippen LogP contribution in [0.2, 0.25) is 0 Å².